The first kappa shape index (κ1) is 18.5. The van der Waals surface area contributed by atoms with Crippen molar-refractivity contribution in [2.24, 2.45) is 17.1 Å². The van der Waals surface area contributed by atoms with Crippen LogP contribution in [0.4, 0.5) is 0 Å². The number of hydrogen-bond donors (Lipinski definition) is 1. The van der Waals surface area contributed by atoms with Crippen LogP contribution in [-0.4, -0.2) is 5.54 Å². The molecule has 2 unspecified atom stereocenters. The molecule has 0 spiro atoms. The molecule has 0 saturated heterocycles. The van der Waals surface area contributed by atoms with E-state index < -0.39 is 0 Å². The highest BCUT2D eigenvalue weighted by Crippen LogP contribution is 2.50. The van der Waals surface area contributed by atoms with Gasteiger partial charge in [0.2, 0.25) is 0 Å². The van der Waals surface area contributed by atoms with Crippen LogP contribution >= 0.6 is 0 Å². The van der Waals surface area contributed by atoms with Gasteiger partial charge in [0.25, 0.3) is 0 Å². The van der Waals surface area contributed by atoms with E-state index in [1.54, 1.807) is 0 Å². The van der Waals surface area contributed by atoms with Crippen molar-refractivity contribution in [1.82, 2.24) is 0 Å². The Morgan fingerprint density at radius 1 is 1.05 bits per heavy atom. The molecule has 0 aromatic carbocycles. The summed E-state index contributed by atoms with van der Waals surface area (Å²) in [4.78, 5) is 0. The minimum atomic E-state index is -0.0468. The molecule has 0 fully saturated rings. The summed E-state index contributed by atoms with van der Waals surface area (Å²) < 4.78 is 0. The van der Waals surface area contributed by atoms with Crippen molar-refractivity contribution in [3.05, 3.63) is 24.3 Å². The van der Waals surface area contributed by atoms with Crippen LogP contribution in [0.1, 0.15) is 85.5 Å². The molecule has 122 valence electrons. The highest BCUT2D eigenvalue weighted by molar-refractivity contribution is 5.24. The molecule has 21 heavy (non-hydrogen) atoms. The lowest BCUT2D eigenvalue weighted by Crippen LogP contribution is -2.57. The van der Waals surface area contributed by atoms with Crippen molar-refractivity contribution in [2.75, 3.05) is 0 Å². The third-order valence-electron chi connectivity index (χ3n) is 5.58. The molecule has 0 aromatic rings. The smallest absolute Gasteiger partial charge is 0.0252 e. The van der Waals surface area contributed by atoms with Crippen molar-refractivity contribution >= 4 is 0 Å². The molecule has 0 amide bonds. The number of nitrogens with two attached hydrogens (primary N) is 1. The second kappa shape index (κ2) is 8.78. The molecule has 0 aliphatic heterocycles. The van der Waals surface area contributed by atoms with Crippen LogP contribution < -0.4 is 5.73 Å². The van der Waals surface area contributed by atoms with Crippen molar-refractivity contribution in [3.63, 3.8) is 0 Å². The van der Waals surface area contributed by atoms with Gasteiger partial charge in [0, 0.05) is 11.0 Å². The minimum absolute atomic E-state index is 0.0468. The molecule has 0 heterocycles. The molecule has 1 nitrogen and oxygen atoms in total. The molecule has 1 aliphatic rings. The van der Waals surface area contributed by atoms with Crippen molar-refractivity contribution in [1.29, 1.82) is 0 Å². The molecule has 2 N–H and O–H groups in total. The first-order chi connectivity index (χ1) is 10.1. The zero-order valence-corrected chi connectivity index (χ0v) is 14.8. The maximum absolute atomic E-state index is 7.13. The summed E-state index contributed by atoms with van der Waals surface area (Å²) >= 11 is 0. The topological polar surface area (TPSA) is 26.0 Å². The van der Waals surface area contributed by atoms with Gasteiger partial charge in [-0.3, -0.25) is 0 Å². The second-order valence-electron chi connectivity index (χ2n) is 7.08. The van der Waals surface area contributed by atoms with Crippen LogP contribution in [-0.2, 0) is 0 Å². The van der Waals surface area contributed by atoms with Crippen LogP contribution in [0.5, 0.6) is 0 Å². The molecule has 0 aromatic heterocycles. The Labute approximate surface area is 133 Å². The highest BCUT2D eigenvalue weighted by Gasteiger charge is 2.48. The van der Waals surface area contributed by atoms with E-state index in [0.29, 0.717) is 5.92 Å². The minimum Gasteiger partial charge on any atom is -0.324 e. The highest BCUT2D eigenvalue weighted by atomic mass is 14.8. The van der Waals surface area contributed by atoms with E-state index in [4.69, 9.17) is 5.73 Å². The molecule has 1 aliphatic carbocycles. The molecule has 0 radical (unpaired) electrons. The Balaban J connectivity index is 3.10. The van der Waals surface area contributed by atoms with Gasteiger partial charge in [0.05, 0.1) is 0 Å². The number of hydrogen-bond acceptors (Lipinski definition) is 1. The molecule has 1 rings (SSSR count). The lowest BCUT2D eigenvalue weighted by Gasteiger charge is -2.52. The summed E-state index contributed by atoms with van der Waals surface area (Å²) in [7, 11) is 0. The van der Waals surface area contributed by atoms with E-state index >= 15 is 0 Å². The van der Waals surface area contributed by atoms with Crippen LogP contribution in [0.15, 0.2) is 24.3 Å². The quantitative estimate of drug-likeness (QED) is 0.524. The van der Waals surface area contributed by atoms with Gasteiger partial charge in [-0.15, -0.1) is 0 Å². The summed E-state index contributed by atoms with van der Waals surface area (Å²) in [6.07, 6.45) is 20.2. The Morgan fingerprint density at radius 2 is 1.67 bits per heavy atom. The predicted molar refractivity (Wildman–Crippen MR) is 95.4 cm³/mol. The summed E-state index contributed by atoms with van der Waals surface area (Å²) in [5.41, 5.74) is 7.23. The maximum atomic E-state index is 7.13. The molecular formula is C20H37N. The first-order valence-electron chi connectivity index (χ1n) is 9.19. The first-order valence-corrected chi connectivity index (χ1v) is 9.19. The lowest BCUT2D eigenvalue weighted by molar-refractivity contribution is 0.0792. The zero-order valence-electron chi connectivity index (χ0n) is 14.8. The standard InChI is InChI=1S/C20H37N/c1-5-8-16-20(21,17-9-6-2)19(18(4)13-7-3)14-11-10-12-15-19/h10-12,14,18H,5-9,13,15-17,21H2,1-4H3. The van der Waals surface area contributed by atoms with Gasteiger partial charge in [0.1, 0.15) is 0 Å². The van der Waals surface area contributed by atoms with E-state index in [9.17, 15) is 0 Å². The SMILES string of the molecule is CCCCC(N)(CCCC)C1(C(C)CCC)C=CC=CC1. The van der Waals surface area contributed by atoms with Gasteiger partial charge in [0.15, 0.2) is 0 Å². The van der Waals surface area contributed by atoms with Gasteiger partial charge in [-0.1, -0.05) is 90.5 Å². The van der Waals surface area contributed by atoms with Crippen molar-refractivity contribution in [3.8, 4) is 0 Å². The fraction of sp³-hybridized carbons (Fsp3) is 0.800. The van der Waals surface area contributed by atoms with Crippen LogP contribution in [0.2, 0.25) is 0 Å². The van der Waals surface area contributed by atoms with E-state index in [-0.39, 0.29) is 11.0 Å². The Bertz CT molecular complexity index is 334. The van der Waals surface area contributed by atoms with E-state index in [1.165, 1.54) is 38.5 Å². The normalized spacial score (nSPS) is 23.5. The average Bonchev–Trinajstić information content (AvgIpc) is 2.51. The van der Waals surface area contributed by atoms with Gasteiger partial charge in [-0.2, -0.15) is 0 Å². The predicted octanol–water partition coefficient (Wildman–Crippen LogP) is 6.00. The number of allylic oxidation sites excluding steroid dienone is 3. The Morgan fingerprint density at radius 3 is 2.10 bits per heavy atom. The molecule has 2 atom stereocenters. The fourth-order valence-electron chi connectivity index (χ4n) is 4.13. The molecule has 0 bridgehead atoms. The van der Waals surface area contributed by atoms with E-state index in [1.807, 2.05) is 0 Å². The molecule has 1 heteroatoms. The molecular weight excluding hydrogens is 254 g/mol. The molecule has 0 saturated carbocycles. The zero-order chi connectivity index (χ0) is 15.8. The Kier molecular flexibility index (Phi) is 7.73. The van der Waals surface area contributed by atoms with Crippen LogP contribution in [0.3, 0.4) is 0 Å². The van der Waals surface area contributed by atoms with E-state index in [2.05, 4.69) is 52.0 Å². The van der Waals surface area contributed by atoms with Gasteiger partial charge in [-0.05, 0) is 25.2 Å². The monoisotopic (exact) mass is 291 g/mol. The summed E-state index contributed by atoms with van der Waals surface area (Å²) in [5.74, 6) is 0.655. The summed E-state index contributed by atoms with van der Waals surface area (Å²) in [6, 6.07) is 0. The fourth-order valence-corrected chi connectivity index (χ4v) is 4.13. The summed E-state index contributed by atoms with van der Waals surface area (Å²) in [6.45, 7) is 9.27. The van der Waals surface area contributed by atoms with Crippen molar-refractivity contribution in [2.45, 2.75) is 91.0 Å². The van der Waals surface area contributed by atoms with Crippen molar-refractivity contribution < 1.29 is 0 Å². The number of unbranched alkanes of at least 4 members (excludes halogenated alkanes) is 2. The van der Waals surface area contributed by atoms with Gasteiger partial charge >= 0.3 is 0 Å². The van der Waals surface area contributed by atoms with Crippen LogP contribution in [0.25, 0.3) is 0 Å². The largest absolute Gasteiger partial charge is 0.324 e. The second-order valence-corrected chi connectivity index (χ2v) is 7.08. The third kappa shape index (κ3) is 4.22. The maximum Gasteiger partial charge on any atom is 0.0252 e. The van der Waals surface area contributed by atoms with E-state index in [0.717, 1.165) is 19.3 Å². The van der Waals surface area contributed by atoms with Gasteiger partial charge < -0.3 is 5.73 Å². The lowest BCUT2D eigenvalue weighted by atomic mass is 9.56. The summed E-state index contributed by atoms with van der Waals surface area (Å²) in [5, 5.41) is 0. The van der Waals surface area contributed by atoms with Crippen LogP contribution in [0, 0.1) is 11.3 Å². The third-order valence-corrected chi connectivity index (χ3v) is 5.58. The number of rotatable bonds is 10. The average molecular weight is 292 g/mol. The Hall–Kier alpha value is -0.560. The van der Waals surface area contributed by atoms with Gasteiger partial charge in [-0.25, -0.2) is 0 Å².